The number of amides is 1. The summed E-state index contributed by atoms with van der Waals surface area (Å²) in [7, 11) is -3.90. The minimum Gasteiger partial charge on any atom is -0.544 e. The van der Waals surface area contributed by atoms with Crippen LogP contribution in [0.4, 0.5) is 5.13 Å². The number of carbonyl (C=O) groups excluding carboxylic acids is 1. The van der Waals surface area contributed by atoms with E-state index in [1.54, 1.807) is 18.3 Å². The van der Waals surface area contributed by atoms with Crippen LogP contribution in [0.2, 0.25) is 37.3 Å². The molecule has 0 aliphatic carbocycles. The number of anilines is 1. The second kappa shape index (κ2) is 11.8. The van der Waals surface area contributed by atoms with Gasteiger partial charge >= 0.3 is 0 Å². The van der Waals surface area contributed by atoms with Gasteiger partial charge in [-0.3, -0.25) is 10.1 Å². The summed E-state index contributed by atoms with van der Waals surface area (Å²) >= 11 is 1.38. The number of thiazole rings is 1. The average molecular weight is 551 g/mol. The summed E-state index contributed by atoms with van der Waals surface area (Å²) < 4.78 is 19.2. The van der Waals surface area contributed by atoms with E-state index >= 15 is 0 Å². The number of nitrogens with zero attached hydrogens (tertiary/aromatic N) is 1. The zero-order valence-corrected chi connectivity index (χ0v) is 26.9. The number of aromatic nitrogens is 1. The highest BCUT2D eigenvalue weighted by atomic mass is 32.1. The first-order valence-corrected chi connectivity index (χ1v) is 19.6. The number of hydrogen-bond acceptors (Lipinski definition) is 6. The summed E-state index contributed by atoms with van der Waals surface area (Å²) in [5.74, 6) is 1.03. The molecule has 0 radical (unpaired) electrons. The van der Waals surface area contributed by atoms with E-state index in [2.05, 4.69) is 78.0 Å². The Morgan fingerprint density at radius 1 is 1.06 bits per heavy atom. The van der Waals surface area contributed by atoms with E-state index in [-0.39, 0.29) is 22.5 Å². The maximum Gasteiger partial charge on any atom is 0.257 e. The molecule has 0 spiro atoms. The van der Waals surface area contributed by atoms with E-state index in [1.807, 2.05) is 18.4 Å². The lowest BCUT2D eigenvalue weighted by Crippen LogP contribution is -2.43. The summed E-state index contributed by atoms with van der Waals surface area (Å²) in [6, 6.07) is 6.49. The standard InChI is InChI=1S/C27H46N2O4SSi2/c1-20(19-31-36(10,11)27(5,6)7)32-22-16-21(24(30)29-25-28-13-14-34-25)17-23(18-22)33-35(8,9)15-12-26(2,3)4/h13-14,16-18,20H,12,15,19H2,1-11H3,(H,28,29,30)/t20-/m0/s1. The second-order valence-corrected chi connectivity index (χ2v) is 22.8. The molecule has 1 aromatic heterocycles. The predicted molar refractivity (Wildman–Crippen MR) is 157 cm³/mol. The fraction of sp³-hybridized carbons (Fsp3) is 0.630. The van der Waals surface area contributed by atoms with E-state index < -0.39 is 16.6 Å². The quantitative estimate of drug-likeness (QED) is 0.286. The van der Waals surface area contributed by atoms with Crippen LogP contribution in [0.3, 0.4) is 0 Å². The van der Waals surface area contributed by atoms with Crippen LogP contribution in [0.5, 0.6) is 11.5 Å². The second-order valence-electron chi connectivity index (χ2n) is 12.9. The Morgan fingerprint density at radius 2 is 1.69 bits per heavy atom. The van der Waals surface area contributed by atoms with Gasteiger partial charge in [-0.1, -0.05) is 41.5 Å². The van der Waals surface area contributed by atoms with Crippen molar-refractivity contribution in [3.8, 4) is 11.5 Å². The summed E-state index contributed by atoms with van der Waals surface area (Å²) in [6.45, 7) is 24.8. The Labute approximate surface area is 224 Å². The van der Waals surface area contributed by atoms with Crippen molar-refractivity contribution < 1.29 is 18.4 Å². The fourth-order valence-corrected chi connectivity index (χ4v) is 6.96. The van der Waals surface area contributed by atoms with E-state index in [4.69, 9.17) is 13.6 Å². The monoisotopic (exact) mass is 550 g/mol. The first-order chi connectivity index (χ1) is 16.4. The Hall–Kier alpha value is -1.69. The van der Waals surface area contributed by atoms with Gasteiger partial charge in [0.05, 0.1) is 6.61 Å². The highest BCUT2D eigenvalue weighted by molar-refractivity contribution is 7.13. The number of benzene rings is 1. The van der Waals surface area contributed by atoms with Crippen LogP contribution in [0, 0.1) is 5.41 Å². The molecule has 202 valence electrons. The maximum atomic E-state index is 13.0. The molecule has 0 fully saturated rings. The van der Waals surface area contributed by atoms with Crippen LogP contribution < -0.4 is 14.5 Å². The third-order valence-corrected chi connectivity index (χ3v) is 13.9. The highest BCUT2D eigenvalue weighted by Gasteiger charge is 2.37. The van der Waals surface area contributed by atoms with Gasteiger partial charge in [-0.15, -0.1) is 11.3 Å². The molecule has 1 N–H and O–H groups in total. The number of carbonyl (C=O) groups is 1. The Bertz CT molecular complexity index is 996. The summed E-state index contributed by atoms with van der Waals surface area (Å²) in [6.07, 6.45) is 2.58. The topological polar surface area (TPSA) is 69.7 Å². The molecule has 1 amide bonds. The molecular weight excluding hydrogens is 505 g/mol. The van der Waals surface area contributed by atoms with Gasteiger partial charge in [-0.25, -0.2) is 4.98 Å². The Balaban J connectivity index is 2.24. The lowest BCUT2D eigenvalue weighted by molar-refractivity contribution is 0.102. The van der Waals surface area contributed by atoms with Gasteiger partial charge in [0.2, 0.25) is 8.32 Å². The summed E-state index contributed by atoms with van der Waals surface area (Å²) in [5.41, 5.74) is 0.729. The molecule has 0 bridgehead atoms. The van der Waals surface area contributed by atoms with Crippen molar-refractivity contribution in [3.63, 3.8) is 0 Å². The van der Waals surface area contributed by atoms with Crippen LogP contribution in [0.15, 0.2) is 29.8 Å². The zero-order valence-electron chi connectivity index (χ0n) is 24.1. The molecule has 1 heterocycles. The molecule has 2 rings (SSSR count). The molecule has 1 aromatic carbocycles. The first-order valence-electron chi connectivity index (χ1n) is 12.7. The van der Waals surface area contributed by atoms with Crippen LogP contribution in [0.25, 0.3) is 0 Å². The Morgan fingerprint density at radius 3 is 2.25 bits per heavy atom. The van der Waals surface area contributed by atoms with Crippen molar-refractivity contribution in [2.24, 2.45) is 5.41 Å². The summed E-state index contributed by atoms with van der Waals surface area (Å²) in [5, 5.41) is 5.39. The van der Waals surface area contributed by atoms with Crippen molar-refractivity contribution in [2.45, 2.75) is 98.3 Å². The lowest BCUT2D eigenvalue weighted by atomic mass is 9.94. The van der Waals surface area contributed by atoms with Crippen molar-refractivity contribution in [2.75, 3.05) is 11.9 Å². The largest absolute Gasteiger partial charge is 0.544 e. The minimum atomic E-state index is -2.02. The van der Waals surface area contributed by atoms with Crippen LogP contribution >= 0.6 is 11.3 Å². The van der Waals surface area contributed by atoms with Crippen molar-refractivity contribution in [1.82, 2.24) is 4.98 Å². The minimum absolute atomic E-state index is 0.130. The number of rotatable bonds is 11. The van der Waals surface area contributed by atoms with Gasteiger partial charge in [0.15, 0.2) is 13.4 Å². The van der Waals surface area contributed by atoms with Crippen LogP contribution in [-0.2, 0) is 4.43 Å². The van der Waals surface area contributed by atoms with Crippen LogP contribution in [-0.4, -0.2) is 40.2 Å². The van der Waals surface area contributed by atoms with Gasteiger partial charge in [0.25, 0.3) is 5.91 Å². The normalized spacial score (nSPS) is 13.9. The molecule has 2 aromatic rings. The molecule has 6 nitrogen and oxygen atoms in total. The number of ether oxygens (including phenoxy) is 1. The molecule has 36 heavy (non-hydrogen) atoms. The average Bonchev–Trinajstić information content (AvgIpc) is 3.22. The van der Waals surface area contributed by atoms with Crippen molar-refractivity contribution in [1.29, 1.82) is 0 Å². The van der Waals surface area contributed by atoms with Crippen molar-refractivity contribution >= 4 is 39.0 Å². The third kappa shape index (κ3) is 9.99. The number of hydrogen-bond donors (Lipinski definition) is 1. The molecule has 0 saturated carbocycles. The lowest BCUT2D eigenvalue weighted by Gasteiger charge is -2.37. The van der Waals surface area contributed by atoms with Gasteiger partial charge in [0, 0.05) is 23.2 Å². The van der Waals surface area contributed by atoms with Gasteiger partial charge < -0.3 is 13.6 Å². The molecule has 0 saturated heterocycles. The van der Waals surface area contributed by atoms with E-state index in [0.29, 0.717) is 28.8 Å². The number of nitrogens with one attached hydrogen (secondary N) is 1. The molecule has 0 aliphatic heterocycles. The van der Waals surface area contributed by atoms with Gasteiger partial charge in [-0.2, -0.15) is 0 Å². The maximum absolute atomic E-state index is 13.0. The van der Waals surface area contributed by atoms with Gasteiger partial charge in [-0.05, 0) is 68.2 Å². The molecule has 0 unspecified atom stereocenters. The van der Waals surface area contributed by atoms with Gasteiger partial charge in [0.1, 0.15) is 17.6 Å². The smallest absolute Gasteiger partial charge is 0.257 e. The SMILES string of the molecule is C[C@@H](CO[Si](C)(C)C(C)(C)C)Oc1cc(O[Si](C)(C)CCC(C)(C)C)cc(C(=O)Nc2nccs2)c1. The molecular formula is C27H46N2O4SSi2. The summed E-state index contributed by atoms with van der Waals surface area (Å²) in [4.78, 5) is 17.2. The predicted octanol–water partition coefficient (Wildman–Crippen LogP) is 8.20. The van der Waals surface area contributed by atoms with Crippen molar-refractivity contribution in [3.05, 3.63) is 35.3 Å². The first kappa shape index (κ1) is 30.5. The zero-order chi connectivity index (χ0) is 27.4. The molecule has 0 aliphatic rings. The molecule has 1 atom stereocenters. The van der Waals surface area contributed by atoms with E-state index in [0.717, 1.165) is 12.5 Å². The third-order valence-electron chi connectivity index (χ3n) is 6.49. The van der Waals surface area contributed by atoms with Crippen LogP contribution in [0.1, 0.15) is 65.2 Å². The highest BCUT2D eigenvalue weighted by Crippen LogP contribution is 2.37. The van der Waals surface area contributed by atoms with E-state index in [1.165, 1.54) is 11.3 Å². The Kier molecular flexibility index (Phi) is 10.0. The fourth-order valence-electron chi connectivity index (χ4n) is 3.14. The van der Waals surface area contributed by atoms with E-state index in [9.17, 15) is 4.79 Å². The molecule has 9 heteroatoms.